The molecule has 0 aliphatic heterocycles. The Balaban J connectivity index is 2.93. The summed E-state index contributed by atoms with van der Waals surface area (Å²) in [6.07, 6.45) is 0.567. The van der Waals surface area contributed by atoms with Gasteiger partial charge in [0.1, 0.15) is 5.02 Å². The van der Waals surface area contributed by atoms with E-state index in [9.17, 15) is 14.9 Å². The maximum absolute atomic E-state index is 11.8. The van der Waals surface area contributed by atoms with E-state index < -0.39 is 10.8 Å². The van der Waals surface area contributed by atoms with E-state index in [0.717, 1.165) is 6.07 Å². The molecule has 0 saturated carbocycles. The summed E-state index contributed by atoms with van der Waals surface area (Å²) in [7, 11) is 0. The van der Waals surface area contributed by atoms with Gasteiger partial charge in [-0.25, -0.2) is 0 Å². The number of aliphatic hydroxyl groups is 1. The highest BCUT2D eigenvalue weighted by atomic mass is 35.5. The zero-order chi connectivity index (χ0) is 13.7. The third kappa shape index (κ3) is 3.41. The fourth-order valence-corrected chi connectivity index (χ4v) is 1.53. The highest BCUT2D eigenvalue weighted by Gasteiger charge is 2.17. The van der Waals surface area contributed by atoms with E-state index in [2.05, 4.69) is 5.32 Å². The standard InChI is InChI=1S/C11H13ClN2O4/c1-2-8(6-15)13-11(16)7-3-4-9(12)10(5-7)14(17)18/h3-5,8,15H,2,6H2,1H3,(H,13,16). The van der Waals surface area contributed by atoms with Crippen molar-refractivity contribution < 1.29 is 14.8 Å². The van der Waals surface area contributed by atoms with E-state index in [1.165, 1.54) is 12.1 Å². The lowest BCUT2D eigenvalue weighted by molar-refractivity contribution is -0.384. The molecular weight excluding hydrogens is 260 g/mol. The minimum absolute atomic E-state index is 0.0225. The molecule has 0 aliphatic rings. The van der Waals surface area contributed by atoms with Crippen LogP contribution in [0.25, 0.3) is 0 Å². The van der Waals surface area contributed by atoms with Gasteiger partial charge in [-0.3, -0.25) is 14.9 Å². The Labute approximate surface area is 109 Å². The number of nitrogens with one attached hydrogen (secondary N) is 1. The average molecular weight is 273 g/mol. The predicted octanol–water partition coefficient (Wildman–Crippen LogP) is 1.75. The number of halogens is 1. The number of rotatable bonds is 5. The van der Waals surface area contributed by atoms with Crippen LogP contribution in [-0.4, -0.2) is 28.6 Å². The van der Waals surface area contributed by atoms with Crippen molar-refractivity contribution in [1.29, 1.82) is 0 Å². The highest BCUT2D eigenvalue weighted by molar-refractivity contribution is 6.32. The Bertz CT molecular complexity index is 460. The smallest absolute Gasteiger partial charge is 0.288 e. The summed E-state index contributed by atoms with van der Waals surface area (Å²) in [6.45, 7) is 1.63. The molecule has 98 valence electrons. The third-order valence-electron chi connectivity index (χ3n) is 2.45. The van der Waals surface area contributed by atoms with Crippen LogP contribution >= 0.6 is 11.6 Å². The van der Waals surface area contributed by atoms with Crippen LogP contribution in [0.5, 0.6) is 0 Å². The predicted molar refractivity (Wildman–Crippen MR) is 66.7 cm³/mol. The monoisotopic (exact) mass is 272 g/mol. The van der Waals surface area contributed by atoms with Crippen LogP contribution in [0.2, 0.25) is 5.02 Å². The quantitative estimate of drug-likeness (QED) is 0.631. The summed E-state index contributed by atoms with van der Waals surface area (Å²) in [5, 5.41) is 22.2. The van der Waals surface area contributed by atoms with Crippen molar-refractivity contribution in [2.45, 2.75) is 19.4 Å². The fourth-order valence-electron chi connectivity index (χ4n) is 1.34. The van der Waals surface area contributed by atoms with Crippen molar-refractivity contribution in [3.8, 4) is 0 Å². The summed E-state index contributed by atoms with van der Waals surface area (Å²) in [5.41, 5.74) is -0.181. The molecule has 1 rings (SSSR count). The van der Waals surface area contributed by atoms with Crippen LogP contribution < -0.4 is 5.32 Å². The molecule has 0 aliphatic carbocycles. The van der Waals surface area contributed by atoms with Crippen LogP contribution in [0.15, 0.2) is 18.2 Å². The Morgan fingerprint density at radius 3 is 2.78 bits per heavy atom. The SMILES string of the molecule is CCC(CO)NC(=O)c1ccc(Cl)c([N+](=O)[O-])c1. The lowest BCUT2D eigenvalue weighted by Crippen LogP contribution is -2.36. The van der Waals surface area contributed by atoms with Gasteiger partial charge in [0.15, 0.2) is 0 Å². The minimum atomic E-state index is -0.650. The molecule has 1 aromatic carbocycles. The Morgan fingerprint density at radius 1 is 1.61 bits per heavy atom. The molecular formula is C11H13ClN2O4. The molecule has 0 aromatic heterocycles. The Kier molecular flexibility index (Phi) is 5.06. The molecule has 0 saturated heterocycles. The largest absolute Gasteiger partial charge is 0.394 e. The topological polar surface area (TPSA) is 92.5 Å². The second-order valence-electron chi connectivity index (χ2n) is 3.68. The number of aliphatic hydroxyl groups excluding tert-OH is 1. The fraction of sp³-hybridized carbons (Fsp3) is 0.364. The lowest BCUT2D eigenvalue weighted by atomic mass is 10.1. The van der Waals surface area contributed by atoms with Crippen LogP contribution in [-0.2, 0) is 0 Å². The van der Waals surface area contributed by atoms with E-state index in [1.807, 2.05) is 6.92 Å². The van der Waals surface area contributed by atoms with Gasteiger partial charge in [0, 0.05) is 11.6 Å². The second-order valence-corrected chi connectivity index (χ2v) is 4.09. The number of nitro benzene ring substituents is 1. The first-order valence-corrected chi connectivity index (χ1v) is 5.73. The molecule has 1 atom stereocenters. The number of carbonyl (C=O) groups is 1. The Hall–Kier alpha value is -1.66. The highest BCUT2D eigenvalue weighted by Crippen LogP contribution is 2.25. The molecule has 0 radical (unpaired) electrons. The van der Waals surface area contributed by atoms with Gasteiger partial charge in [-0.2, -0.15) is 0 Å². The maximum Gasteiger partial charge on any atom is 0.288 e. The molecule has 1 aromatic rings. The van der Waals surface area contributed by atoms with Crippen molar-refractivity contribution in [2.24, 2.45) is 0 Å². The summed E-state index contributed by atoms with van der Waals surface area (Å²) in [4.78, 5) is 21.8. The van der Waals surface area contributed by atoms with Crippen molar-refractivity contribution in [2.75, 3.05) is 6.61 Å². The van der Waals surface area contributed by atoms with Gasteiger partial charge in [0.25, 0.3) is 11.6 Å². The molecule has 0 spiro atoms. The first-order valence-electron chi connectivity index (χ1n) is 5.35. The number of nitro groups is 1. The molecule has 0 fully saturated rings. The van der Waals surface area contributed by atoms with Crippen molar-refractivity contribution in [3.05, 3.63) is 38.9 Å². The van der Waals surface area contributed by atoms with Crippen LogP contribution in [0.1, 0.15) is 23.7 Å². The average Bonchev–Trinajstić information content (AvgIpc) is 2.35. The zero-order valence-corrected chi connectivity index (χ0v) is 10.5. The molecule has 18 heavy (non-hydrogen) atoms. The first-order chi connectivity index (χ1) is 8.49. The first kappa shape index (κ1) is 14.4. The minimum Gasteiger partial charge on any atom is -0.394 e. The van der Waals surface area contributed by atoms with Gasteiger partial charge in [-0.15, -0.1) is 0 Å². The molecule has 2 N–H and O–H groups in total. The van der Waals surface area contributed by atoms with E-state index >= 15 is 0 Å². The van der Waals surface area contributed by atoms with Gasteiger partial charge < -0.3 is 10.4 Å². The van der Waals surface area contributed by atoms with Gasteiger partial charge in [0.05, 0.1) is 17.6 Å². The number of benzene rings is 1. The van der Waals surface area contributed by atoms with Crippen LogP contribution in [0.4, 0.5) is 5.69 Å². The lowest BCUT2D eigenvalue weighted by Gasteiger charge is -2.13. The van der Waals surface area contributed by atoms with Crippen molar-refractivity contribution >= 4 is 23.2 Å². The number of hydrogen-bond acceptors (Lipinski definition) is 4. The van der Waals surface area contributed by atoms with Crippen molar-refractivity contribution in [3.63, 3.8) is 0 Å². The third-order valence-corrected chi connectivity index (χ3v) is 2.77. The normalized spacial score (nSPS) is 11.9. The molecule has 1 amide bonds. The van der Waals surface area contributed by atoms with Gasteiger partial charge in [-0.05, 0) is 18.6 Å². The van der Waals surface area contributed by atoms with Gasteiger partial charge in [0.2, 0.25) is 0 Å². The number of carbonyl (C=O) groups excluding carboxylic acids is 1. The van der Waals surface area contributed by atoms with E-state index in [4.69, 9.17) is 16.7 Å². The zero-order valence-electron chi connectivity index (χ0n) is 9.72. The summed E-state index contributed by atoms with van der Waals surface area (Å²) in [6, 6.07) is 3.44. The Morgan fingerprint density at radius 2 is 2.28 bits per heavy atom. The van der Waals surface area contributed by atoms with E-state index in [1.54, 1.807) is 0 Å². The molecule has 0 heterocycles. The molecule has 7 heteroatoms. The summed E-state index contributed by atoms with van der Waals surface area (Å²) < 4.78 is 0. The second kappa shape index (κ2) is 6.32. The molecule has 0 bridgehead atoms. The number of nitrogens with zero attached hydrogens (tertiary/aromatic N) is 1. The number of amides is 1. The summed E-state index contributed by atoms with van der Waals surface area (Å²) >= 11 is 5.64. The molecule has 6 nitrogen and oxygen atoms in total. The number of hydrogen-bond donors (Lipinski definition) is 2. The van der Waals surface area contributed by atoms with E-state index in [-0.39, 0.29) is 28.9 Å². The van der Waals surface area contributed by atoms with Crippen LogP contribution in [0, 0.1) is 10.1 Å². The van der Waals surface area contributed by atoms with Gasteiger partial charge in [-0.1, -0.05) is 18.5 Å². The van der Waals surface area contributed by atoms with Crippen molar-refractivity contribution in [1.82, 2.24) is 5.32 Å². The van der Waals surface area contributed by atoms with E-state index in [0.29, 0.717) is 6.42 Å². The van der Waals surface area contributed by atoms with Gasteiger partial charge >= 0.3 is 0 Å². The van der Waals surface area contributed by atoms with Crippen LogP contribution in [0.3, 0.4) is 0 Å². The maximum atomic E-state index is 11.8. The molecule has 1 unspecified atom stereocenters. The summed E-state index contributed by atoms with van der Waals surface area (Å²) in [5.74, 6) is -0.476.